The molecule has 15 heavy (non-hydrogen) atoms. The van der Waals surface area contributed by atoms with Crippen molar-refractivity contribution in [1.29, 1.82) is 0 Å². The van der Waals surface area contributed by atoms with E-state index in [4.69, 9.17) is 4.42 Å². The second kappa shape index (κ2) is 3.98. The van der Waals surface area contributed by atoms with E-state index in [1.165, 1.54) is 0 Å². The van der Waals surface area contributed by atoms with Crippen LogP contribution in [0.4, 0.5) is 0 Å². The van der Waals surface area contributed by atoms with E-state index in [1.54, 1.807) is 6.26 Å². The van der Waals surface area contributed by atoms with Gasteiger partial charge in [-0.25, -0.2) is 0 Å². The average Bonchev–Trinajstić information content (AvgIpc) is 2.77. The minimum absolute atomic E-state index is 0.470. The van der Waals surface area contributed by atoms with Crippen molar-refractivity contribution in [1.82, 2.24) is 5.32 Å². The molecule has 1 aromatic rings. The summed E-state index contributed by atoms with van der Waals surface area (Å²) in [4.78, 5) is 11.2. The lowest BCUT2D eigenvalue weighted by molar-refractivity contribution is -0.144. The zero-order valence-electron chi connectivity index (χ0n) is 8.12. The highest BCUT2D eigenvalue weighted by atomic mass is 79.9. The Morgan fingerprint density at radius 2 is 2.53 bits per heavy atom. The molecule has 1 aliphatic heterocycles. The zero-order valence-corrected chi connectivity index (χ0v) is 9.71. The maximum absolute atomic E-state index is 11.2. The van der Waals surface area contributed by atoms with Gasteiger partial charge in [-0.3, -0.25) is 4.79 Å². The Balaban J connectivity index is 2.17. The predicted molar refractivity (Wildman–Crippen MR) is 57.7 cm³/mol. The van der Waals surface area contributed by atoms with Gasteiger partial charge in [0, 0.05) is 6.42 Å². The number of hydrogen-bond acceptors (Lipinski definition) is 3. The van der Waals surface area contributed by atoms with Crippen LogP contribution in [-0.2, 0) is 11.2 Å². The molecule has 1 atom stereocenters. The highest BCUT2D eigenvalue weighted by molar-refractivity contribution is 9.10. The lowest BCUT2D eigenvalue weighted by Crippen LogP contribution is -2.49. The Labute approximate surface area is 95.8 Å². The highest BCUT2D eigenvalue weighted by Gasteiger charge is 2.41. The van der Waals surface area contributed by atoms with E-state index in [1.807, 2.05) is 6.07 Å². The van der Waals surface area contributed by atoms with Gasteiger partial charge in [-0.05, 0) is 46.9 Å². The van der Waals surface area contributed by atoms with E-state index in [2.05, 4.69) is 21.2 Å². The Hall–Kier alpha value is -0.810. The maximum atomic E-state index is 11.2. The molecule has 1 unspecified atom stereocenters. The number of carbonyl (C=O) groups is 1. The van der Waals surface area contributed by atoms with Gasteiger partial charge in [0.05, 0.1) is 6.26 Å². The quantitative estimate of drug-likeness (QED) is 0.882. The third-order valence-corrected chi connectivity index (χ3v) is 3.20. The summed E-state index contributed by atoms with van der Waals surface area (Å²) >= 11 is 3.20. The topological polar surface area (TPSA) is 62.5 Å². The van der Waals surface area contributed by atoms with Crippen molar-refractivity contribution in [3.63, 3.8) is 0 Å². The van der Waals surface area contributed by atoms with Gasteiger partial charge in [0.1, 0.15) is 5.54 Å². The monoisotopic (exact) mass is 273 g/mol. The molecule has 1 aliphatic rings. The van der Waals surface area contributed by atoms with Crippen LogP contribution in [0.3, 0.4) is 0 Å². The Bertz CT molecular complexity index is 368. The number of nitrogens with one attached hydrogen (secondary N) is 1. The summed E-state index contributed by atoms with van der Waals surface area (Å²) in [6.07, 6.45) is 3.64. The summed E-state index contributed by atoms with van der Waals surface area (Å²) < 4.78 is 5.73. The molecule has 1 aromatic heterocycles. The van der Waals surface area contributed by atoms with Gasteiger partial charge in [-0.2, -0.15) is 0 Å². The normalized spacial score (nSPS) is 25.7. The number of halogens is 1. The van der Waals surface area contributed by atoms with Crippen LogP contribution in [0.1, 0.15) is 18.4 Å². The number of hydrogen-bond donors (Lipinski definition) is 2. The first-order chi connectivity index (χ1) is 7.12. The molecule has 2 heterocycles. The first kappa shape index (κ1) is 10.7. The number of carboxylic acid groups (broad SMARTS) is 1. The van der Waals surface area contributed by atoms with Crippen LogP contribution in [0.15, 0.2) is 21.4 Å². The summed E-state index contributed by atoms with van der Waals surface area (Å²) in [5.74, 6) is -0.780. The Kier molecular flexibility index (Phi) is 2.84. The minimum atomic E-state index is -0.802. The first-order valence-electron chi connectivity index (χ1n) is 4.84. The molecule has 1 saturated heterocycles. The van der Waals surface area contributed by atoms with E-state index in [-0.39, 0.29) is 0 Å². The molecule has 2 rings (SSSR count). The van der Waals surface area contributed by atoms with Crippen molar-refractivity contribution >= 4 is 21.9 Å². The smallest absolute Gasteiger partial charge is 0.324 e. The molecule has 0 aliphatic carbocycles. The van der Waals surface area contributed by atoms with Crippen LogP contribution in [-0.4, -0.2) is 23.2 Å². The predicted octanol–water partition coefficient (Wildman–Crippen LogP) is 1.79. The van der Waals surface area contributed by atoms with Crippen molar-refractivity contribution in [2.24, 2.45) is 0 Å². The first-order valence-corrected chi connectivity index (χ1v) is 5.63. The second-order valence-electron chi connectivity index (χ2n) is 3.85. The van der Waals surface area contributed by atoms with Crippen molar-refractivity contribution < 1.29 is 14.3 Å². The third-order valence-electron chi connectivity index (χ3n) is 2.78. The molecule has 0 radical (unpaired) electrons. The van der Waals surface area contributed by atoms with E-state index in [9.17, 15) is 9.90 Å². The molecule has 0 aromatic carbocycles. The summed E-state index contributed by atoms with van der Waals surface area (Å²) in [5, 5.41) is 12.3. The van der Waals surface area contributed by atoms with Gasteiger partial charge in [-0.15, -0.1) is 0 Å². The molecule has 82 valence electrons. The van der Waals surface area contributed by atoms with Crippen molar-refractivity contribution in [3.05, 3.63) is 22.6 Å². The van der Waals surface area contributed by atoms with Crippen LogP contribution < -0.4 is 5.32 Å². The van der Waals surface area contributed by atoms with Gasteiger partial charge < -0.3 is 14.8 Å². The zero-order chi connectivity index (χ0) is 10.9. The number of aliphatic carboxylic acids is 1. The Morgan fingerprint density at radius 3 is 3.00 bits per heavy atom. The molecule has 0 spiro atoms. The molecule has 2 N–H and O–H groups in total. The summed E-state index contributed by atoms with van der Waals surface area (Å²) in [5.41, 5.74) is 0.0993. The van der Waals surface area contributed by atoms with Crippen LogP contribution in [0.25, 0.3) is 0 Å². The van der Waals surface area contributed by atoms with Crippen molar-refractivity contribution in [2.75, 3.05) is 6.54 Å². The van der Waals surface area contributed by atoms with Gasteiger partial charge in [0.25, 0.3) is 0 Å². The van der Waals surface area contributed by atoms with Gasteiger partial charge in [0.15, 0.2) is 4.67 Å². The second-order valence-corrected chi connectivity index (χ2v) is 4.64. The summed E-state index contributed by atoms with van der Waals surface area (Å²) in [6, 6.07) is 1.81. The van der Waals surface area contributed by atoms with E-state index in [0.717, 1.165) is 18.5 Å². The molecule has 0 saturated carbocycles. The standard InChI is InChI=1S/C10H12BrNO3/c11-8-4-7(6-15-8)5-10(9(13)14)2-1-3-12-10/h4,6,12H,1-3,5H2,(H,13,14). The Morgan fingerprint density at radius 1 is 1.73 bits per heavy atom. The van der Waals surface area contributed by atoms with Gasteiger partial charge >= 0.3 is 5.97 Å². The van der Waals surface area contributed by atoms with E-state index >= 15 is 0 Å². The third kappa shape index (κ3) is 2.08. The summed E-state index contributed by atoms with van der Waals surface area (Å²) in [6.45, 7) is 0.769. The van der Waals surface area contributed by atoms with Crippen LogP contribution >= 0.6 is 15.9 Å². The van der Waals surface area contributed by atoms with Gasteiger partial charge in [0.2, 0.25) is 0 Å². The maximum Gasteiger partial charge on any atom is 0.324 e. The van der Waals surface area contributed by atoms with E-state index in [0.29, 0.717) is 17.5 Å². The molecule has 1 fully saturated rings. The van der Waals surface area contributed by atoms with Crippen LogP contribution in [0, 0.1) is 0 Å². The molecule has 0 amide bonds. The summed E-state index contributed by atoms with van der Waals surface area (Å²) in [7, 11) is 0. The number of rotatable bonds is 3. The highest BCUT2D eigenvalue weighted by Crippen LogP contribution is 2.26. The number of furan rings is 1. The van der Waals surface area contributed by atoms with Crippen LogP contribution in [0.2, 0.25) is 0 Å². The fourth-order valence-electron chi connectivity index (χ4n) is 2.00. The number of carboxylic acids is 1. The molecular weight excluding hydrogens is 262 g/mol. The average molecular weight is 274 g/mol. The van der Waals surface area contributed by atoms with E-state index < -0.39 is 11.5 Å². The fourth-order valence-corrected chi connectivity index (χ4v) is 2.39. The fraction of sp³-hybridized carbons (Fsp3) is 0.500. The molecule has 0 bridgehead atoms. The molecule has 5 heteroatoms. The lowest BCUT2D eigenvalue weighted by atomic mass is 9.90. The minimum Gasteiger partial charge on any atom is -0.480 e. The van der Waals surface area contributed by atoms with Crippen molar-refractivity contribution in [3.8, 4) is 0 Å². The molecule has 4 nitrogen and oxygen atoms in total. The SMILES string of the molecule is O=C(O)C1(Cc2coc(Br)c2)CCCN1. The molecular formula is C10H12BrNO3. The largest absolute Gasteiger partial charge is 0.480 e. The van der Waals surface area contributed by atoms with Crippen molar-refractivity contribution in [2.45, 2.75) is 24.8 Å². The van der Waals surface area contributed by atoms with Gasteiger partial charge in [-0.1, -0.05) is 0 Å². The van der Waals surface area contributed by atoms with Crippen LogP contribution in [0.5, 0.6) is 0 Å². The lowest BCUT2D eigenvalue weighted by Gasteiger charge is -2.23.